The van der Waals surface area contributed by atoms with Crippen LogP contribution in [0.3, 0.4) is 0 Å². The van der Waals surface area contributed by atoms with Gasteiger partial charge in [0.2, 0.25) is 0 Å². The molecule has 1 heterocycles. The summed E-state index contributed by atoms with van der Waals surface area (Å²) in [5, 5.41) is 0. The Labute approximate surface area is 233 Å². The van der Waals surface area contributed by atoms with Crippen molar-refractivity contribution < 1.29 is 9.13 Å². The third-order valence-electron chi connectivity index (χ3n) is 8.93. The van der Waals surface area contributed by atoms with Crippen LogP contribution in [0.25, 0.3) is 11.3 Å². The quantitative estimate of drug-likeness (QED) is 0.192. The summed E-state index contributed by atoms with van der Waals surface area (Å²) in [6, 6.07) is 9.59. The van der Waals surface area contributed by atoms with Crippen LogP contribution in [0.15, 0.2) is 36.5 Å². The molecule has 2 nitrogen and oxygen atoms in total. The lowest BCUT2D eigenvalue weighted by atomic mass is 9.60. The number of rotatable bonds is 17. The molecule has 0 bridgehead atoms. The zero-order valence-corrected chi connectivity index (χ0v) is 24.9. The molecule has 1 aliphatic rings. The number of ether oxygens (including phenoxy) is 1. The fourth-order valence-electron chi connectivity index (χ4n) is 6.75. The van der Waals surface area contributed by atoms with Gasteiger partial charge in [0.25, 0.3) is 0 Å². The average molecular weight is 524 g/mol. The number of aromatic nitrogens is 1. The van der Waals surface area contributed by atoms with E-state index in [4.69, 9.17) is 9.72 Å². The number of hydrogen-bond acceptors (Lipinski definition) is 2. The van der Waals surface area contributed by atoms with Gasteiger partial charge in [0.1, 0.15) is 11.6 Å². The second kappa shape index (κ2) is 16.3. The number of benzene rings is 1. The van der Waals surface area contributed by atoms with Crippen molar-refractivity contribution in [2.75, 3.05) is 0 Å². The van der Waals surface area contributed by atoms with Gasteiger partial charge in [0.15, 0.2) is 0 Å². The van der Waals surface area contributed by atoms with Gasteiger partial charge in [-0.2, -0.15) is 0 Å². The Bertz CT molecular complexity index is 918. The molecule has 1 fully saturated rings. The minimum absolute atomic E-state index is 0.0965. The first-order valence-electron chi connectivity index (χ1n) is 16.0. The molecule has 3 heteroatoms. The van der Waals surface area contributed by atoms with Crippen LogP contribution in [0, 0.1) is 11.7 Å². The number of hydrogen-bond donors (Lipinski definition) is 0. The van der Waals surface area contributed by atoms with E-state index in [0.29, 0.717) is 17.0 Å². The van der Waals surface area contributed by atoms with Crippen molar-refractivity contribution in [2.24, 2.45) is 5.92 Å². The predicted molar refractivity (Wildman–Crippen MR) is 160 cm³/mol. The maximum Gasteiger partial charge on any atom is 0.136 e. The van der Waals surface area contributed by atoms with E-state index in [2.05, 4.69) is 46.0 Å². The average Bonchev–Trinajstić information content (AvgIpc) is 2.93. The first kappa shape index (κ1) is 30.6. The van der Waals surface area contributed by atoms with E-state index in [0.717, 1.165) is 18.8 Å². The number of halogens is 1. The summed E-state index contributed by atoms with van der Waals surface area (Å²) in [5.74, 6) is 1.07. The monoisotopic (exact) mass is 523 g/mol. The molecule has 3 rings (SSSR count). The zero-order chi connectivity index (χ0) is 27.2. The maximum atomic E-state index is 15.2. The third-order valence-corrected chi connectivity index (χ3v) is 8.93. The fourth-order valence-corrected chi connectivity index (χ4v) is 6.75. The molecule has 38 heavy (non-hydrogen) atoms. The van der Waals surface area contributed by atoms with Gasteiger partial charge >= 0.3 is 0 Å². The lowest BCUT2D eigenvalue weighted by molar-refractivity contribution is 0.165. The van der Waals surface area contributed by atoms with Gasteiger partial charge < -0.3 is 4.74 Å². The molecule has 212 valence electrons. The van der Waals surface area contributed by atoms with Crippen molar-refractivity contribution in [1.29, 1.82) is 0 Å². The van der Waals surface area contributed by atoms with Crippen molar-refractivity contribution in [3.63, 3.8) is 0 Å². The van der Waals surface area contributed by atoms with E-state index in [1.165, 1.54) is 108 Å². The van der Waals surface area contributed by atoms with E-state index >= 15 is 4.39 Å². The van der Waals surface area contributed by atoms with Gasteiger partial charge in [0, 0.05) is 17.8 Å². The van der Waals surface area contributed by atoms with Crippen molar-refractivity contribution in [3.05, 3.63) is 47.9 Å². The molecule has 1 unspecified atom stereocenters. The van der Waals surface area contributed by atoms with Gasteiger partial charge in [-0.25, -0.2) is 4.39 Å². The van der Waals surface area contributed by atoms with E-state index in [9.17, 15) is 0 Å². The highest BCUT2D eigenvalue weighted by molar-refractivity contribution is 5.61. The maximum absolute atomic E-state index is 15.2. The second-order valence-electron chi connectivity index (χ2n) is 11.9. The summed E-state index contributed by atoms with van der Waals surface area (Å²) in [7, 11) is 0. The highest BCUT2D eigenvalue weighted by Gasteiger charge is 2.40. The Hall–Kier alpha value is -1.90. The molecule has 0 spiro atoms. The van der Waals surface area contributed by atoms with Crippen molar-refractivity contribution in [2.45, 2.75) is 148 Å². The van der Waals surface area contributed by atoms with E-state index in [-0.39, 0.29) is 17.3 Å². The van der Waals surface area contributed by atoms with Crippen LogP contribution in [-0.2, 0) is 5.41 Å². The molecule has 2 atom stereocenters. The molecule has 0 radical (unpaired) electrons. The Kier molecular flexibility index (Phi) is 13.1. The molecule has 2 aromatic rings. The number of pyridine rings is 1. The van der Waals surface area contributed by atoms with Crippen LogP contribution in [0.1, 0.15) is 142 Å². The SMILES string of the molecule is CCCCCCC(CCC)C1(c2ccc(-c3ccc(O[C@@H](C)CCCCCC)cc3F)nc2)CCCCC1. The second-order valence-corrected chi connectivity index (χ2v) is 11.9. The highest BCUT2D eigenvalue weighted by atomic mass is 19.1. The summed E-state index contributed by atoms with van der Waals surface area (Å²) < 4.78 is 21.2. The molecular formula is C35H54FNO. The van der Waals surface area contributed by atoms with Crippen molar-refractivity contribution >= 4 is 0 Å². The molecule has 1 saturated carbocycles. The largest absolute Gasteiger partial charge is 0.491 e. The zero-order valence-electron chi connectivity index (χ0n) is 24.9. The minimum Gasteiger partial charge on any atom is -0.491 e. The van der Waals surface area contributed by atoms with E-state index in [1.54, 1.807) is 0 Å². The summed E-state index contributed by atoms with van der Waals surface area (Å²) in [6.07, 6.45) is 23.7. The normalized spacial score (nSPS) is 16.8. The minimum atomic E-state index is -0.256. The molecule has 0 amide bonds. The van der Waals surface area contributed by atoms with Crippen molar-refractivity contribution in [3.8, 4) is 17.0 Å². The van der Waals surface area contributed by atoms with Gasteiger partial charge in [-0.15, -0.1) is 0 Å². The van der Waals surface area contributed by atoms with Gasteiger partial charge in [-0.1, -0.05) is 97.5 Å². The molecule has 0 saturated heterocycles. The Morgan fingerprint density at radius 2 is 1.53 bits per heavy atom. The smallest absolute Gasteiger partial charge is 0.136 e. The van der Waals surface area contributed by atoms with Crippen LogP contribution in [-0.4, -0.2) is 11.1 Å². The Balaban J connectivity index is 1.73. The first-order chi connectivity index (χ1) is 18.5. The summed E-state index contributed by atoms with van der Waals surface area (Å²) in [6.45, 7) is 8.92. The van der Waals surface area contributed by atoms with Crippen LogP contribution in [0.2, 0.25) is 0 Å². The van der Waals surface area contributed by atoms with E-state index in [1.807, 2.05) is 12.1 Å². The van der Waals surface area contributed by atoms with Crippen LogP contribution >= 0.6 is 0 Å². The molecule has 1 aliphatic carbocycles. The van der Waals surface area contributed by atoms with Crippen LogP contribution in [0.4, 0.5) is 4.39 Å². The predicted octanol–water partition coefficient (Wildman–Crippen LogP) is 11.2. The lowest BCUT2D eigenvalue weighted by Gasteiger charge is -2.44. The van der Waals surface area contributed by atoms with E-state index < -0.39 is 0 Å². The van der Waals surface area contributed by atoms with Gasteiger partial charge in [0.05, 0.1) is 11.8 Å². The molecule has 0 aliphatic heterocycles. The van der Waals surface area contributed by atoms with Crippen molar-refractivity contribution in [1.82, 2.24) is 4.98 Å². The highest BCUT2D eigenvalue weighted by Crippen LogP contribution is 2.48. The van der Waals surface area contributed by atoms with Gasteiger partial charge in [-0.05, 0) is 80.5 Å². The van der Waals surface area contributed by atoms with Gasteiger partial charge in [-0.3, -0.25) is 4.98 Å². The van der Waals surface area contributed by atoms with Crippen LogP contribution < -0.4 is 4.74 Å². The van der Waals surface area contributed by atoms with Crippen LogP contribution in [0.5, 0.6) is 5.75 Å². The molecule has 1 aromatic heterocycles. The Morgan fingerprint density at radius 1 is 0.816 bits per heavy atom. The third kappa shape index (κ3) is 8.55. The molecule has 1 aromatic carbocycles. The lowest BCUT2D eigenvalue weighted by Crippen LogP contribution is -2.37. The topological polar surface area (TPSA) is 22.1 Å². The standard InChI is InChI=1S/C35H54FNO/c1-5-8-10-13-18-28(4)38-31-21-22-32(33(36)26-31)34-23-20-30(27-37-34)35(24-15-12-16-25-35)29(17-7-3)19-14-11-9-6-2/h20-23,26-29H,5-19,24-25H2,1-4H3/t28-,29?/m0/s1. The summed E-state index contributed by atoms with van der Waals surface area (Å²) in [5.41, 5.74) is 2.88. The summed E-state index contributed by atoms with van der Waals surface area (Å²) >= 11 is 0. The first-order valence-corrected chi connectivity index (χ1v) is 16.0. The number of unbranched alkanes of at least 4 members (excludes halogenated alkanes) is 6. The molecule has 0 N–H and O–H groups in total. The summed E-state index contributed by atoms with van der Waals surface area (Å²) in [4.78, 5) is 4.85. The number of nitrogens with zero attached hydrogens (tertiary/aromatic N) is 1. The fraction of sp³-hybridized carbons (Fsp3) is 0.686. The molecular weight excluding hydrogens is 469 g/mol. The Morgan fingerprint density at radius 3 is 2.13 bits per heavy atom.